The molecule has 1 aliphatic rings. The third kappa shape index (κ3) is 3.38. The number of para-hydroxylation sites is 1. The first-order valence-electron chi connectivity index (χ1n) is 9.16. The van der Waals surface area contributed by atoms with Crippen molar-refractivity contribution in [1.82, 2.24) is 35.0 Å². The van der Waals surface area contributed by atoms with Gasteiger partial charge < -0.3 is 4.57 Å². The molecule has 0 amide bonds. The van der Waals surface area contributed by atoms with Gasteiger partial charge in [0.05, 0.1) is 10.9 Å². The van der Waals surface area contributed by atoms with E-state index >= 15 is 0 Å². The molecule has 1 fully saturated rings. The fraction of sp³-hybridized carbons (Fsp3) is 0.500. The molecule has 3 aromatic rings. The van der Waals surface area contributed by atoms with E-state index in [1.54, 1.807) is 16.4 Å². The molecule has 0 radical (unpaired) electrons. The predicted octanol–water partition coefficient (Wildman–Crippen LogP) is 3.92. The van der Waals surface area contributed by atoms with E-state index in [9.17, 15) is 0 Å². The second-order valence-electron chi connectivity index (χ2n) is 6.74. The van der Waals surface area contributed by atoms with Gasteiger partial charge in [-0.2, -0.15) is 4.68 Å². The third-order valence-corrected chi connectivity index (χ3v) is 5.97. The Morgan fingerprint density at radius 2 is 1.81 bits per heavy atom. The molecular formula is C18H23N7S. The summed E-state index contributed by atoms with van der Waals surface area (Å²) in [6.07, 6.45) is 6.33. The van der Waals surface area contributed by atoms with Crippen LogP contribution in [0, 0.1) is 6.92 Å². The quantitative estimate of drug-likeness (QED) is 0.635. The second kappa shape index (κ2) is 7.57. The van der Waals surface area contributed by atoms with Gasteiger partial charge in [-0.25, -0.2) is 0 Å². The number of benzene rings is 1. The lowest BCUT2D eigenvalue weighted by atomic mass is 9.95. The lowest BCUT2D eigenvalue weighted by Gasteiger charge is -2.25. The maximum atomic E-state index is 4.44. The van der Waals surface area contributed by atoms with Gasteiger partial charge in [0, 0.05) is 6.04 Å². The minimum absolute atomic E-state index is 0.0659. The molecule has 2 aromatic heterocycles. The minimum Gasteiger partial charge on any atom is -0.303 e. The normalized spacial score (nSPS) is 16.7. The van der Waals surface area contributed by atoms with Gasteiger partial charge in [-0.3, -0.25) is 0 Å². The minimum atomic E-state index is 0.0659. The number of tetrazole rings is 1. The molecule has 4 rings (SSSR count). The molecule has 0 bridgehead atoms. The van der Waals surface area contributed by atoms with Crippen molar-refractivity contribution in [2.24, 2.45) is 0 Å². The van der Waals surface area contributed by atoms with Crippen molar-refractivity contribution in [1.29, 1.82) is 0 Å². The summed E-state index contributed by atoms with van der Waals surface area (Å²) < 4.78 is 4.11. The molecule has 1 aromatic carbocycles. The Bertz CT molecular complexity index is 852. The van der Waals surface area contributed by atoms with Crippen LogP contribution in [-0.2, 0) is 0 Å². The highest BCUT2D eigenvalue weighted by Crippen LogP contribution is 2.37. The van der Waals surface area contributed by atoms with Gasteiger partial charge in [0.15, 0.2) is 11.0 Å². The molecule has 2 heterocycles. The van der Waals surface area contributed by atoms with Crippen molar-refractivity contribution in [3.63, 3.8) is 0 Å². The van der Waals surface area contributed by atoms with Crippen LogP contribution >= 0.6 is 11.8 Å². The first-order valence-corrected chi connectivity index (χ1v) is 10.0. The van der Waals surface area contributed by atoms with Gasteiger partial charge in [0.25, 0.3) is 0 Å². The average Bonchev–Trinajstić information content (AvgIpc) is 3.30. The van der Waals surface area contributed by atoms with E-state index in [4.69, 9.17) is 0 Å². The van der Waals surface area contributed by atoms with E-state index < -0.39 is 0 Å². The Kier molecular flexibility index (Phi) is 5.01. The number of hydrogen-bond acceptors (Lipinski definition) is 6. The van der Waals surface area contributed by atoms with E-state index in [0.717, 1.165) is 22.5 Å². The Morgan fingerprint density at radius 3 is 2.58 bits per heavy atom. The Morgan fingerprint density at radius 1 is 1.04 bits per heavy atom. The fourth-order valence-corrected chi connectivity index (χ4v) is 4.65. The van der Waals surface area contributed by atoms with Crippen LogP contribution in [0.5, 0.6) is 0 Å². The number of rotatable bonds is 5. The smallest absolute Gasteiger partial charge is 0.192 e. The zero-order valence-corrected chi connectivity index (χ0v) is 15.9. The standard InChI is InChI=1S/C18H23N7S/c1-13(17-20-22-23-25(17)16-11-7-4-8-12-16)26-18-21-19-14(2)24(18)15-9-5-3-6-10-15/h4,7-8,11-13,15H,3,5-6,9-10H2,1-2H3/t13-/m0/s1. The van der Waals surface area contributed by atoms with Gasteiger partial charge in [-0.1, -0.05) is 49.2 Å². The SMILES string of the molecule is Cc1nnc(S[C@@H](C)c2nnnn2-c2ccccc2)n1C1CCCCC1. The summed E-state index contributed by atoms with van der Waals surface area (Å²) >= 11 is 1.68. The fourth-order valence-electron chi connectivity index (χ4n) is 3.60. The molecular weight excluding hydrogens is 346 g/mol. The largest absolute Gasteiger partial charge is 0.303 e. The predicted molar refractivity (Wildman–Crippen MR) is 100 cm³/mol. The first kappa shape index (κ1) is 17.2. The van der Waals surface area contributed by atoms with E-state index in [0.29, 0.717) is 6.04 Å². The molecule has 0 unspecified atom stereocenters. The van der Waals surface area contributed by atoms with Gasteiger partial charge in [-0.15, -0.1) is 15.3 Å². The van der Waals surface area contributed by atoms with Crippen molar-refractivity contribution < 1.29 is 0 Å². The summed E-state index contributed by atoms with van der Waals surface area (Å²) in [5.41, 5.74) is 0.963. The average molecular weight is 369 g/mol. The lowest BCUT2D eigenvalue weighted by Crippen LogP contribution is -2.15. The monoisotopic (exact) mass is 369 g/mol. The number of nitrogens with zero attached hydrogens (tertiary/aromatic N) is 7. The van der Waals surface area contributed by atoms with Crippen LogP contribution in [0.25, 0.3) is 5.69 Å². The molecule has 0 aliphatic heterocycles. The molecule has 0 N–H and O–H groups in total. The van der Waals surface area contributed by atoms with Crippen molar-refractivity contribution in [2.45, 2.75) is 62.4 Å². The maximum absolute atomic E-state index is 4.44. The van der Waals surface area contributed by atoms with Gasteiger partial charge >= 0.3 is 0 Å². The van der Waals surface area contributed by atoms with Gasteiger partial charge in [0.2, 0.25) is 0 Å². The molecule has 0 saturated heterocycles. The summed E-state index contributed by atoms with van der Waals surface area (Å²) in [6.45, 7) is 4.16. The highest BCUT2D eigenvalue weighted by molar-refractivity contribution is 7.99. The van der Waals surface area contributed by atoms with Gasteiger partial charge in [-0.05, 0) is 49.2 Å². The number of thioether (sulfide) groups is 1. The maximum Gasteiger partial charge on any atom is 0.192 e. The molecule has 0 spiro atoms. The van der Waals surface area contributed by atoms with Crippen LogP contribution in [0.3, 0.4) is 0 Å². The van der Waals surface area contributed by atoms with Crippen LogP contribution in [-0.4, -0.2) is 35.0 Å². The lowest BCUT2D eigenvalue weighted by molar-refractivity contribution is 0.332. The van der Waals surface area contributed by atoms with Crippen LogP contribution in [0.15, 0.2) is 35.5 Å². The molecule has 136 valence electrons. The zero-order chi connectivity index (χ0) is 17.9. The summed E-state index contributed by atoms with van der Waals surface area (Å²) in [6, 6.07) is 10.5. The topological polar surface area (TPSA) is 74.3 Å². The van der Waals surface area contributed by atoms with Crippen LogP contribution < -0.4 is 0 Å². The number of aryl methyl sites for hydroxylation is 1. The molecule has 1 aliphatic carbocycles. The molecule has 1 atom stereocenters. The molecule has 7 nitrogen and oxygen atoms in total. The van der Waals surface area contributed by atoms with Crippen molar-refractivity contribution in [3.05, 3.63) is 42.0 Å². The van der Waals surface area contributed by atoms with Crippen molar-refractivity contribution in [2.75, 3.05) is 0 Å². The highest BCUT2D eigenvalue weighted by atomic mass is 32.2. The third-order valence-electron chi connectivity index (χ3n) is 4.92. The van der Waals surface area contributed by atoms with Crippen LogP contribution in [0.4, 0.5) is 0 Å². The number of hydrogen-bond donors (Lipinski definition) is 0. The van der Waals surface area contributed by atoms with E-state index in [-0.39, 0.29) is 5.25 Å². The second-order valence-corrected chi connectivity index (χ2v) is 8.04. The molecule has 1 saturated carbocycles. The Labute approximate surface area is 157 Å². The van der Waals surface area contributed by atoms with Crippen LogP contribution in [0.2, 0.25) is 0 Å². The van der Waals surface area contributed by atoms with E-state index in [1.807, 2.05) is 37.3 Å². The highest BCUT2D eigenvalue weighted by Gasteiger charge is 2.25. The van der Waals surface area contributed by atoms with E-state index in [1.165, 1.54) is 32.1 Å². The van der Waals surface area contributed by atoms with E-state index in [2.05, 4.69) is 37.2 Å². The number of aromatic nitrogens is 7. The van der Waals surface area contributed by atoms with Crippen molar-refractivity contribution >= 4 is 11.8 Å². The zero-order valence-electron chi connectivity index (χ0n) is 15.1. The van der Waals surface area contributed by atoms with Gasteiger partial charge in [0.1, 0.15) is 5.82 Å². The van der Waals surface area contributed by atoms with Crippen LogP contribution in [0.1, 0.15) is 62.0 Å². The summed E-state index contributed by atoms with van der Waals surface area (Å²) in [7, 11) is 0. The van der Waals surface area contributed by atoms with Crippen molar-refractivity contribution in [3.8, 4) is 5.69 Å². The molecule has 8 heteroatoms. The Hall–Kier alpha value is -2.22. The Balaban J connectivity index is 1.58. The molecule has 26 heavy (non-hydrogen) atoms. The summed E-state index contributed by atoms with van der Waals surface area (Å²) in [5, 5.41) is 22.1. The first-order chi connectivity index (χ1) is 12.7. The summed E-state index contributed by atoms with van der Waals surface area (Å²) in [4.78, 5) is 0. The summed E-state index contributed by atoms with van der Waals surface area (Å²) in [5.74, 6) is 1.81.